The van der Waals surface area contributed by atoms with E-state index in [4.69, 9.17) is 11.6 Å². The lowest BCUT2D eigenvalue weighted by Crippen LogP contribution is -2.51. The number of carbonyl (C=O) groups is 1. The lowest BCUT2D eigenvalue weighted by Gasteiger charge is -2.39. The van der Waals surface area contributed by atoms with Crippen molar-refractivity contribution in [3.8, 4) is 0 Å². The molecule has 0 spiro atoms. The van der Waals surface area contributed by atoms with Crippen LogP contribution in [0.3, 0.4) is 0 Å². The van der Waals surface area contributed by atoms with Gasteiger partial charge in [-0.25, -0.2) is 13.6 Å². The minimum atomic E-state index is -0.728. The Balaban J connectivity index is 1.46. The zero-order valence-electron chi connectivity index (χ0n) is 16.8. The molecule has 1 heterocycles. The number of nitrogens with one attached hydrogen (secondary N) is 1. The molecule has 0 unspecified atom stereocenters. The number of carbonyl (C=O) groups excluding carboxylic acids is 1. The first-order valence-corrected chi connectivity index (χ1v) is 10.4. The molecule has 1 atom stereocenters. The Bertz CT molecular complexity index is 1020. The van der Waals surface area contributed by atoms with Crippen molar-refractivity contribution in [2.75, 3.05) is 31.5 Å². The van der Waals surface area contributed by atoms with Crippen molar-refractivity contribution in [3.63, 3.8) is 0 Å². The Morgan fingerprint density at radius 1 is 0.839 bits per heavy atom. The van der Waals surface area contributed by atoms with Crippen molar-refractivity contribution in [2.24, 2.45) is 0 Å². The van der Waals surface area contributed by atoms with E-state index >= 15 is 0 Å². The Kier molecular flexibility index (Phi) is 6.49. The molecule has 0 bridgehead atoms. The molecular weight excluding hydrogens is 420 g/mol. The summed E-state index contributed by atoms with van der Waals surface area (Å²) in [6, 6.07) is 20.7. The average Bonchev–Trinajstić information content (AvgIpc) is 2.76. The van der Waals surface area contributed by atoms with Gasteiger partial charge in [0.25, 0.3) is 0 Å². The van der Waals surface area contributed by atoms with Crippen LogP contribution in [-0.2, 0) is 0 Å². The maximum atomic E-state index is 13.4. The van der Waals surface area contributed by atoms with Crippen LogP contribution in [0.5, 0.6) is 0 Å². The first kappa shape index (κ1) is 21.3. The van der Waals surface area contributed by atoms with Gasteiger partial charge < -0.3 is 10.2 Å². The number of hydrogen-bond donors (Lipinski definition) is 1. The number of hydrogen-bond acceptors (Lipinski definition) is 2. The van der Waals surface area contributed by atoms with Crippen LogP contribution in [0.25, 0.3) is 0 Å². The molecule has 4 rings (SSSR count). The quantitative estimate of drug-likeness (QED) is 0.575. The van der Waals surface area contributed by atoms with Gasteiger partial charge in [-0.2, -0.15) is 0 Å². The third-order valence-corrected chi connectivity index (χ3v) is 5.63. The topological polar surface area (TPSA) is 35.6 Å². The molecule has 1 N–H and O–H groups in total. The maximum Gasteiger partial charge on any atom is 0.321 e. The molecule has 1 aliphatic heterocycles. The van der Waals surface area contributed by atoms with Gasteiger partial charge in [-0.3, -0.25) is 4.90 Å². The fourth-order valence-corrected chi connectivity index (χ4v) is 4.03. The normalized spacial score (nSPS) is 15.5. The van der Waals surface area contributed by atoms with Gasteiger partial charge in [0.1, 0.15) is 11.6 Å². The Hall–Kier alpha value is -2.96. The zero-order valence-corrected chi connectivity index (χ0v) is 17.5. The molecule has 0 aliphatic carbocycles. The van der Waals surface area contributed by atoms with Crippen molar-refractivity contribution in [2.45, 2.75) is 6.04 Å². The highest BCUT2D eigenvalue weighted by Gasteiger charge is 2.28. The van der Waals surface area contributed by atoms with E-state index in [0.717, 1.165) is 29.3 Å². The third-order valence-electron chi connectivity index (χ3n) is 5.38. The molecule has 1 saturated heterocycles. The fourth-order valence-electron chi connectivity index (χ4n) is 3.91. The SMILES string of the molecule is O=C(Nc1cc(F)cc(F)c1)N1CCN([C@H](c2ccccc2)c2ccc(Cl)cc2)CC1. The van der Waals surface area contributed by atoms with Crippen molar-refractivity contribution < 1.29 is 13.6 Å². The first-order valence-electron chi connectivity index (χ1n) is 10.1. The molecular formula is C24H22ClF2N3O. The van der Waals surface area contributed by atoms with Gasteiger partial charge in [0.05, 0.1) is 6.04 Å². The van der Waals surface area contributed by atoms with E-state index in [1.807, 2.05) is 42.5 Å². The van der Waals surface area contributed by atoms with Gasteiger partial charge in [-0.1, -0.05) is 54.1 Å². The minimum Gasteiger partial charge on any atom is -0.322 e. The monoisotopic (exact) mass is 441 g/mol. The molecule has 1 fully saturated rings. The molecule has 1 aliphatic rings. The van der Waals surface area contributed by atoms with Gasteiger partial charge in [0.2, 0.25) is 0 Å². The zero-order chi connectivity index (χ0) is 21.8. The van der Waals surface area contributed by atoms with Gasteiger partial charge in [-0.15, -0.1) is 0 Å². The van der Waals surface area contributed by atoms with Gasteiger partial charge >= 0.3 is 6.03 Å². The van der Waals surface area contributed by atoms with Crippen LogP contribution < -0.4 is 5.32 Å². The molecule has 31 heavy (non-hydrogen) atoms. The summed E-state index contributed by atoms with van der Waals surface area (Å²) in [6.07, 6.45) is 0. The highest BCUT2D eigenvalue weighted by Crippen LogP contribution is 2.30. The summed E-state index contributed by atoms with van der Waals surface area (Å²) in [4.78, 5) is 16.6. The van der Waals surface area contributed by atoms with E-state index in [9.17, 15) is 13.6 Å². The van der Waals surface area contributed by atoms with Crippen LogP contribution in [-0.4, -0.2) is 42.0 Å². The molecule has 0 aromatic heterocycles. The Morgan fingerprint density at radius 2 is 1.42 bits per heavy atom. The van der Waals surface area contributed by atoms with Gasteiger partial charge in [-0.05, 0) is 35.4 Å². The number of benzene rings is 3. The second-order valence-electron chi connectivity index (χ2n) is 7.48. The van der Waals surface area contributed by atoms with Crippen molar-refractivity contribution in [3.05, 3.63) is 101 Å². The largest absolute Gasteiger partial charge is 0.322 e. The number of anilines is 1. The average molecular weight is 442 g/mol. The number of urea groups is 1. The summed E-state index contributed by atoms with van der Waals surface area (Å²) < 4.78 is 26.8. The molecule has 3 aromatic rings. The number of nitrogens with zero attached hydrogens (tertiary/aromatic N) is 2. The summed E-state index contributed by atoms with van der Waals surface area (Å²) >= 11 is 6.08. The standard InChI is InChI=1S/C24H22ClF2N3O/c25-19-8-6-18(7-9-19)23(17-4-2-1-3-5-17)29-10-12-30(13-11-29)24(31)28-22-15-20(26)14-21(27)16-22/h1-9,14-16,23H,10-13H2,(H,28,31)/t23-/m1/s1. The highest BCUT2D eigenvalue weighted by atomic mass is 35.5. The molecule has 4 nitrogen and oxygen atoms in total. The van der Waals surface area contributed by atoms with Crippen molar-refractivity contribution in [1.29, 1.82) is 0 Å². The third kappa shape index (κ3) is 5.21. The fraction of sp³-hybridized carbons (Fsp3) is 0.208. The van der Waals surface area contributed by atoms with Gasteiger partial charge in [0, 0.05) is 43.0 Å². The summed E-state index contributed by atoms with van der Waals surface area (Å²) in [7, 11) is 0. The molecule has 2 amide bonds. The van der Waals surface area contributed by atoms with Crippen LogP contribution in [0.15, 0.2) is 72.8 Å². The van der Waals surface area contributed by atoms with E-state index in [2.05, 4.69) is 22.3 Å². The second kappa shape index (κ2) is 9.45. The van der Waals surface area contributed by atoms with Crippen LogP contribution in [0, 0.1) is 11.6 Å². The summed E-state index contributed by atoms with van der Waals surface area (Å²) in [6.45, 7) is 2.32. The second-order valence-corrected chi connectivity index (χ2v) is 7.91. The van der Waals surface area contributed by atoms with E-state index in [1.165, 1.54) is 0 Å². The molecule has 7 heteroatoms. The summed E-state index contributed by atoms with van der Waals surface area (Å²) in [5, 5.41) is 3.27. The molecule has 0 saturated carbocycles. The summed E-state index contributed by atoms with van der Waals surface area (Å²) in [5.41, 5.74) is 2.40. The number of halogens is 3. The Morgan fingerprint density at radius 3 is 2.03 bits per heavy atom. The van der Waals surface area contributed by atoms with Crippen LogP contribution in [0.2, 0.25) is 5.02 Å². The molecule has 0 radical (unpaired) electrons. The molecule has 3 aromatic carbocycles. The predicted molar refractivity (Wildman–Crippen MR) is 118 cm³/mol. The van der Waals surface area contributed by atoms with Crippen LogP contribution in [0.1, 0.15) is 17.2 Å². The van der Waals surface area contributed by atoms with E-state index in [-0.39, 0.29) is 17.8 Å². The lowest BCUT2D eigenvalue weighted by atomic mass is 9.96. The first-order chi connectivity index (χ1) is 15.0. The van der Waals surface area contributed by atoms with E-state index in [0.29, 0.717) is 31.2 Å². The summed E-state index contributed by atoms with van der Waals surface area (Å²) in [5.74, 6) is -1.46. The maximum absolute atomic E-state index is 13.4. The van der Waals surface area contributed by atoms with Crippen molar-refractivity contribution in [1.82, 2.24) is 9.80 Å². The lowest BCUT2D eigenvalue weighted by molar-refractivity contribution is 0.126. The van der Waals surface area contributed by atoms with E-state index < -0.39 is 11.6 Å². The van der Waals surface area contributed by atoms with Crippen LogP contribution in [0.4, 0.5) is 19.3 Å². The number of piperazine rings is 1. The van der Waals surface area contributed by atoms with E-state index in [1.54, 1.807) is 4.90 Å². The molecule has 160 valence electrons. The number of rotatable bonds is 4. The van der Waals surface area contributed by atoms with Crippen molar-refractivity contribution >= 4 is 23.3 Å². The Labute approximate surface area is 185 Å². The predicted octanol–water partition coefficient (Wildman–Crippen LogP) is 5.56. The van der Waals surface area contributed by atoms with Gasteiger partial charge in [0.15, 0.2) is 0 Å². The minimum absolute atomic E-state index is 0.0426. The highest BCUT2D eigenvalue weighted by molar-refractivity contribution is 6.30. The smallest absolute Gasteiger partial charge is 0.321 e. The number of amides is 2. The van der Waals surface area contributed by atoms with Crippen LogP contribution >= 0.6 is 11.6 Å².